The summed E-state index contributed by atoms with van der Waals surface area (Å²) < 4.78 is 11.3. The zero-order chi connectivity index (χ0) is 16.0. The number of hydrogen-bond acceptors (Lipinski definition) is 3. The van der Waals surface area contributed by atoms with Gasteiger partial charge in [0.1, 0.15) is 11.4 Å². The number of benzene rings is 1. The second-order valence-corrected chi connectivity index (χ2v) is 6.04. The molecule has 0 radical (unpaired) electrons. The summed E-state index contributed by atoms with van der Waals surface area (Å²) in [6.07, 6.45) is 5.86. The normalized spacial score (nSPS) is 16.5. The van der Waals surface area contributed by atoms with Crippen LogP contribution >= 0.6 is 0 Å². The predicted octanol–water partition coefficient (Wildman–Crippen LogP) is 4.07. The summed E-state index contributed by atoms with van der Waals surface area (Å²) >= 11 is 0. The molecular formula is C18H27NO3. The fourth-order valence-electron chi connectivity index (χ4n) is 2.93. The molecule has 0 aromatic heterocycles. The minimum absolute atomic E-state index is 0.0356. The molecule has 1 aromatic carbocycles. The fraction of sp³-hybridized carbons (Fsp3) is 0.611. The van der Waals surface area contributed by atoms with E-state index in [-0.39, 0.29) is 5.91 Å². The van der Waals surface area contributed by atoms with Crippen LogP contribution < -0.4 is 10.1 Å². The zero-order valence-corrected chi connectivity index (χ0v) is 13.9. The van der Waals surface area contributed by atoms with Crippen molar-refractivity contribution in [2.75, 3.05) is 19.0 Å². The van der Waals surface area contributed by atoms with Crippen molar-refractivity contribution in [3.8, 4) is 5.75 Å². The smallest absolute Gasteiger partial charge is 0.256 e. The first-order valence-corrected chi connectivity index (χ1v) is 8.21. The quantitative estimate of drug-likeness (QED) is 0.772. The van der Waals surface area contributed by atoms with Gasteiger partial charge in [-0.2, -0.15) is 0 Å². The van der Waals surface area contributed by atoms with Crippen molar-refractivity contribution in [3.05, 3.63) is 23.8 Å². The highest BCUT2D eigenvalue weighted by atomic mass is 16.5. The van der Waals surface area contributed by atoms with E-state index in [2.05, 4.69) is 12.2 Å². The van der Waals surface area contributed by atoms with Gasteiger partial charge in [-0.3, -0.25) is 4.79 Å². The summed E-state index contributed by atoms with van der Waals surface area (Å²) in [4.78, 5) is 12.5. The first-order chi connectivity index (χ1) is 10.6. The molecule has 1 N–H and O–H groups in total. The summed E-state index contributed by atoms with van der Waals surface area (Å²) in [5, 5.41) is 2.99. The van der Waals surface area contributed by atoms with Gasteiger partial charge in [0, 0.05) is 12.8 Å². The molecule has 1 saturated carbocycles. The maximum Gasteiger partial charge on any atom is 0.256 e. The molecular weight excluding hydrogens is 278 g/mol. The number of hydrogen-bond donors (Lipinski definition) is 1. The Morgan fingerprint density at radius 3 is 2.64 bits per heavy atom. The second-order valence-electron chi connectivity index (χ2n) is 6.04. The number of aryl methyl sites for hydroxylation is 1. The lowest BCUT2D eigenvalue weighted by atomic mass is 10.0. The highest BCUT2D eigenvalue weighted by Crippen LogP contribution is 2.34. The van der Waals surface area contributed by atoms with E-state index in [1.54, 1.807) is 7.11 Å². The van der Waals surface area contributed by atoms with Gasteiger partial charge in [0.15, 0.2) is 0 Å². The Kier molecular flexibility index (Phi) is 5.83. The number of nitrogens with one attached hydrogen (secondary N) is 1. The van der Waals surface area contributed by atoms with Crippen molar-refractivity contribution >= 4 is 11.6 Å². The second kappa shape index (κ2) is 7.63. The topological polar surface area (TPSA) is 47.6 Å². The van der Waals surface area contributed by atoms with Gasteiger partial charge >= 0.3 is 0 Å². The van der Waals surface area contributed by atoms with E-state index in [1.807, 2.05) is 25.1 Å². The molecule has 1 aromatic rings. The summed E-state index contributed by atoms with van der Waals surface area (Å²) in [7, 11) is 1.63. The molecule has 0 bridgehead atoms. The molecule has 1 aliphatic carbocycles. The number of rotatable bonds is 7. The number of ether oxygens (including phenoxy) is 2. The van der Waals surface area contributed by atoms with E-state index in [1.165, 1.54) is 0 Å². The summed E-state index contributed by atoms with van der Waals surface area (Å²) in [5.41, 5.74) is 1.19. The first-order valence-electron chi connectivity index (χ1n) is 8.21. The third-order valence-electron chi connectivity index (χ3n) is 4.40. The maximum atomic E-state index is 12.5. The average molecular weight is 305 g/mol. The summed E-state index contributed by atoms with van der Waals surface area (Å²) in [5.74, 6) is 0.848. The molecule has 0 unspecified atom stereocenters. The number of carbonyl (C=O) groups excluding carboxylic acids is 1. The molecule has 0 spiro atoms. The Bertz CT molecular complexity index is 507. The number of amides is 1. The number of carbonyl (C=O) groups is 1. The first kappa shape index (κ1) is 16.8. The summed E-state index contributed by atoms with van der Waals surface area (Å²) in [6.45, 7) is 4.87. The van der Waals surface area contributed by atoms with Gasteiger partial charge in [-0.1, -0.05) is 13.3 Å². The third kappa shape index (κ3) is 3.80. The highest BCUT2D eigenvalue weighted by molar-refractivity contribution is 5.97. The van der Waals surface area contributed by atoms with E-state index < -0.39 is 5.60 Å². The molecule has 0 heterocycles. The van der Waals surface area contributed by atoms with Crippen LogP contribution in [0.2, 0.25) is 0 Å². The van der Waals surface area contributed by atoms with E-state index in [9.17, 15) is 4.79 Å². The van der Waals surface area contributed by atoms with Crippen molar-refractivity contribution in [2.45, 2.75) is 58.0 Å². The predicted molar refractivity (Wildman–Crippen MR) is 88.4 cm³/mol. The van der Waals surface area contributed by atoms with Gasteiger partial charge in [-0.25, -0.2) is 0 Å². The third-order valence-corrected chi connectivity index (χ3v) is 4.40. The standard InChI is InChI=1S/C18H27NO3/c1-4-5-12-22-16-9-8-15(13-14(16)2)19-17(20)18(21-3)10-6-7-11-18/h8-9,13H,4-7,10-12H2,1-3H3,(H,19,20). The average Bonchev–Trinajstić information content (AvgIpc) is 3.00. The van der Waals surface area contributed by atoms with E-state index in [0.717, 1.165) is 62.1 Å². The van der Waals surface area contributed by atoms with Crippen molar-refractivity contribution in [3.63, 3.8) is 0 Å². The van der Waals surface area contributed by atoms with Crippen molar-refractivity contribution < 1.29 is 14.3 Å². The molecule has 122 valence electrons. The lowest BCUT2D eigenvalue weighted by Crippen LogP contribution is -2.42. The van der Waals surface area contributed by atoms with Gasteiger partial charge in [0.25, 0.3) is 5.91 Å². The Hall–Kier alpha value is -1.55. The van der Waals surface area contributed by atoms with E-state index >= 15 is 0 Å². The highest BCUT2D eigenvalue weighted by Gasteiger charge is 2.41. The number of methoxy groups -OCH3 is 1. The molecule has 2 rings (SSSR count). The lowest BCUT2D eigenvalue weighted by Gasteiger charge is -2.26. The monoisotopic (exact) mass is 305 g/mol. The van der Waals surface area contributed by atoms with Crippen LogP contribution in [0.5, 0.6) is 5.75 Å². The Labute approximate surface area is 133 Å². The molecule has 0 saturated heterocycles. The summed E-state index contributed by atoms with van der Waals surface area (Å²) in [6, 6.07) is 5.77. The van der Waals surface area contributed by atoms with Crippen LogP contribution in [-0.2, 0) is 9.53 Å². The fourth-order valence-corrected chi connectivity index (χ4v) is 2.93. The van der Waals surface area contributed by atoms with Crippen LogP contribution in [0.1, 0.15) is 51.0 Å². The van der Waals surface area contributed by atoms with Crippen LogP contribution in [0.25, 0.3) is 0 Å². The minimum atomic E-state index is -0.649. The van der Waals surface area contributed by atoms with Crippen molar-refractivity contribution in [2.24, 2.45) is 0 Å². The molecule has 1 fully saturated rings. The van der Waals surface area contributed by atoms with Crippen LogP contribution in [0.4, 0.5) is 5.69 Å². The molecule has 4 heteroatoms. The number of unbranched alkanes of at least 4 members (excludes halogenated alkanes) is 1. The van der Waals surface area contributed by atoms with Gasteiger partial charge < -0.3 is 14.8 Å². The molecule has 1 amide bonds. The molecule has 1 aliphatic rings. The van der Waals surface area contributed by atoms with Crippen LogP contribution in [0, 0.1) is 6.92 Å². The Balaban J connectivity index is 2.01. The molecule has 0 atom stereocenters. The Morgan fingerprint density at radius 1 is 1.32 bits per heavy atom. The van der Waals surface area contributed by atoms with Crippen molar-refractivity contribution in [1.29, 1.82) is 0 Å². The van der Waals surface area contributed by atoms with E-state index in [0.29, 0.717) is 0 Å². The van der Waals surface area contributed by atoms with Gasteiger partial charge in [0.05, 0.1) is 6.61 Å². The molecule has 0 aliphatic heterocycles. The van der Waals surface area contributed by atoms with Gasteiger partial charge in [-0.15, -0.1) is 0 Å². The van der Waals surface area contributed by atoms with Gasteiger partial charge in [-0.05, 0) is 62.8 Å². The van der Waals surface area contributed by atoms with Gasteiger partial charge in [0.2, 0.25) is 0 Å². The van der Waals surface area contributed by atoms with E-state index in [4.69, 9.17) is 9.47 Å². The lowest BCUT2D eigenvalue weighted by molar-refractivity contribution is -0.136. The maximum absolute atomic E-state index is 12.5. The van der Waals surface area contributed by atoms with Crippen LogP contribution in [0.15, 0.2) is 18.2 Å². The van der Waals surface area contributed by atoms with Crippen LogP contribution in [0.3, 0.4) is 0 Å². The largest absolute Gasteiger partial charge is 0.493 e. The minimum Gasteiger partial charge on any atom is -0.493 e. The number of anilines is 1. The zero-order valence-electron chi connectivity index (χ0n) is 13.9. The Morgan fingerprint density at radius 2 is 2.05 bits per heavy atom. The molecule has 4 nitrogen and oxygen atoms in total. The van der Waals surface area contributed by atoms with Crippen LogP contribution in [-0.4, -0.2) is 25.2 Å². The van der Waals surface area contributed by atoms with Crippen molar-refractivity contribution in [1.82, 2.24) is 0 Å². The molecule has 22 heavy (non-hydrogen) atoms. The SMILES string of the molecule is CCCCOc1ccc(NC(=O)C2(OC)CCCC2)cc1C.